The molecule has 0 radical (unpaired) electrons. The second-order valence-electron chi connectivity index (χ2n) is 6.37. The summed E-state index contributed by atoms with van der Waals surface area (Å²) in [7, 11) is 0. The predicted molar refractivity (Wildman–Crippen MR) is 103 cm³/mol. The third-order valence-electron chi connectivity index (χ3n) is 4.48. The van der Waals surface area contributed by atoms with Crippen molar-refractivity contribution in [3.63, 3.8) is 0 Å². The summed E-state index contributed by atoms with van der Waals surface area (Å²) in [4.78, 5) is 12.5. The number of hydrogen-bond donors (Lipinski definition) is 0. The van der Waals surface area contributed by atoms with E-state index in [1.54, 1.807) is 6.07 Å². The zero-order valence-electron chi connectivity index (χ0n) is 14.2. The van der Waals surface area contributed by atoms with Crippen LogP contribution in [-0.4, -0.2) is 0 Å². The Bertz CT molecular complexity index is 1120. The standard InChI is InChI=1S/C23H18O2/c1-15-8-10-19(16(2)12-15)18-9-11-20-21(24)14-22(25-23(20)13-18)17-6-4-3-5-7-17/h3-14H,1-2H3. The highest BCUT2D eigenvalue weighted by atomic mass is 16.3. The molecule has 0 aliphatic carbocycles. The van der Waals surface area contributed by atoms with Crippen LogP contribution in [0.1, 0.15) is 11.1 Å². The lowest BCUT2D eigenvalue weighted by Gasteiger charge is -2.09. The number of hydrogen-bond acceptors (Lipinski definition) is 2. The van der Waals surface area contributed by atoms with Crippen LogP contribution in [0.15, 0.2) is 82.0 Å². The van der Waals surface area contributed by atoms with Crippen molar-refractivity contribution in [1.82, 2.24) is 0 Å². The number of aryl methyl sites for hydroxylation is 2. The summed E-state index contributed by atoms with van der Waals surface area (Å²) in [5.41, 5.74) is 6.15. The molecule has 0 atom stereocenters. The maximum Gasteiger partial charge on any atom is 0.193 e. The Hall–Kier alpha value is -3.13. The summed E-state index contributed by atoms with van der Waals surface area (Å²) < 4.78 is 6.05. The molecule has 25 heavy (non-hydrogen) atoms. The highest BCUT2D eigenvalue weighted by Gasteiger charge is 2.09. The quantitative estimate of drug-likeness (QED) is 0.470. The van der Waals surface area contributed by atoms with E-state index >= 15 is 0 Å². The van der Waals surface area contributed by atoms with Crippen molar-refractivity contribution in [2.45, 2.75) is 13.8 Å². The molecule has 0 fully saturated rings. The van der Waals surface area contributed by atoms with Crippen molar-refractivity contribution in [2.75, 3.05) is 0 Å². The molecule has 4 aromatic rings. The van der Waals surface area contributed by atoms with E-state index in [2.05, 4.69) is 32.0 Å². The van der Waals surface area contributed by atoms with Crippen molar-refractivity contribution in [1.29, 1.82) is 0 Å². The van der Waals surface area contributed by atoms with Crippen LogP contribution in [0.25, 0.3) is 33.4 Å². The molecule has 0 spiro atoms. The molecule has 3 aromatic carbocycles. The first-order chi connectivity index (χ1) is 12.1. The molecule has 0 unspecified atom stereocenters. The molecular formula is C23H18O2. The first-order valence-electron chi connectivity index (χ1n) is 8.33. The van der Waals surface area contributed by atoms with Gasteiger partial charge in [-0.1, -0.05) is 60.2 Å². The van der Waals surface area contributed by atoms with E-state index in [-0.39, 0.29) is 5.43 Å². The van der Waals surface area contributed by atoms with Gasteiger partial charge in [-0.3, -0.25) is 4.79 Å². The number of fused-ring (bicyclic) bond motifs is 1. The Morgan fingerprint density at radius 2 is 1.56 bits per heavy atom. The molecule has 122 valence electrons. The van der Waals surface area contributed by atoms with E-state index < -0.39 is 0 Å². The average Bonchev–Trinajstić information content (AvgIpc) is 2.62. The summed E-state index contributed by atoms with van der Waals surface area (Å²) >= 11 is 0. The highest BCUT2D eigenvalue weighted by molar-refractivity contribution is 5.84. The zero-order chi connectivity index (χ0) is 17.4. The van der Waals surface area contributed by atoms with E-state index in [9.17, 15) is 4.79 Å². The van der Waals surface area contributed by atoms with Gasteiger partial charge in [-0.15, -0.1) is 0 Å². The minimum absolute atomic E-state index is 0.0210. The van der Waals surface area contributed by atoms with Gasteiger partial charge >= 0.3 is 0 Å². The molecule has 1 aromatic heterocycles. The Morgan fingerprint density at radius 1 is 0.760 bits per heavy atom. The molecule has 2 nitrogen and oxygen atoms in total. The first kappa shape index (κ1) is 15.4. The highest BCUT2D eigenvalue weighted by Crippen LogP contribution is 2.28. The van der Waals surface area contributed by atoms with Gasteiger partial charge < -0.3 is 4.42 Å². The third kappa shape index (κ3) is 2.87. The fourth-order valence-corrected chi connectivity index (χ4v) is 3.20. The molecule has 0 N–H and O–H groups in total. The Labute approximate surface area is 146 Å². The minimum atomic E-state index is -0.0210. The van der Waals surface area contributed by atoms with Crippen molar-refractivity contribution < 1.29 is 4.42 Å². The molecule has 4 rings (SSSR count). The van der Waals surface area contributed by atoms with Crippen molar-refractivity contribution in [3.05, 3.63) is 94.1 Å². The maximum atomic E-state index is 12.5. The van der Waals surface area contributed by atoms with Gasteiger partial charge in [0, 0.05) is 11.6 Å². The third-order valence-corrected chi connectivity index (χ3v) is 4.48. The zero-order valence-corrected chi connectivity index (χ0v) is 14.2. The second kappa shape index (κ2) is 6.06. The molecule has 0 saturated carbocycles. The maximum absolute atomic E-state index is 12.5. The van der Waals surface area contributed by atoms with Crippen LogP contribution in [0.4, 0.5) is 0 Å². The van der Waals surface area contributed by atoms with Gasteiger partial charge in [0.05, 0.1) is 5.39 Å². The first-order valence-corrected chi connectivity index (χ1v) is 8.33. The fourth-order valence-electron chi connectivity index (χ4n) is 3.20. The molecule has 0 aliphatic heterocycles. The van der Waals surface area contributed by atoms with Gasteiger partial charge in [0.15, 0.2) is 5.43 Å². The summed E-state index contributed by atoms with van der Waals surface area (Å²) in [6.07, 6.45) is 0. The van der Waals surface area contributed by atoms with Crippen LogP contribution < -0.4 is 5.43 Å². The van der Waals surface area contributed by atoms with E-state index in [0.717, 1.165) is 16.7 Å². The van der Waals surface area contributed by atoms with Crippen molar-refractivity contribution >= 4 is 11.0 Å². The fraction of sp³-hybridized carbons (Fsp3) is 0.0870. The average molecular weight is 326 g/mol. The Balaban J connectivity index is 1.91. The summed E-state index contributed by atoms with van der Waals surface area (Å²) in [5, 5.41) is 0.605. The van der Waals surface area contributed by atoms with Crippen molar-refractivity contribution in [3.8, 4) is 22.5 Å². The van der Waals surface area contributed by atoms with E-state index in [4.69, 9.17) is 4.42 Å². The normalized spacial score (nSPS) is 11.0. The SMILES string of the molecule is Cc1ccc(-c2ccc3c(=O)cc(-c4ccccc4)oc3c2)c(C)c1. The van der Waals surface area contributed by atoms with Gasteiger partial charge in [-0.25, -0.2) is 0 Å². The van der Waals surface area contributed by atoms with E-state index in [0.29, 0.717) is 16.7 Å². The smallest absolute Gasteiger partial charge is 0.193 e. The van der Waals surface area contributed by atoms with Crippen LogP contribution in [0.2, 0.25) is 0 Å². The van der Waals surface area contributed by atoms with Gasteiger partial charge in [0.1, 0.15) is 11.3 Å². The molecular weight excluding hydrogens is 308 g/mol. The van der Waals surface area contributed by atoms with Crippen LogP contribution in [0.3, 0.4) is 0 Å². The lowest BCUT2D eigenvalue weighted by molar-refractivity contribution is 0.619. The molecule has 1 heterocycles. The van der Waals surface area contributed by atoms with Gasteiger partial charge in [0.2, 0.25) is 0 Å². The van der Waals surface area contributed by atoms with E-state index in [1.165, 1.54) is 11.1 Å². The molecule has 0 bridgehead atoms. The van der Waals surface area contributed by atoms with Crippen LogP contribution in [-0.2, 0) is 0 Å². The lowest BCUT2D eigenvalue weighted by Crippen LogP contribution is -2.00. The monoisotopic (exact) mass is 326 g/mol. The van der Waals surface area contributed by atoms with E-state index in [1.807, 2.05) is 48.5 Å². The summed E-state index contributed by atoms with van der Waals surface area (Å²) in [6, 6.07) is 23.4. The largest absolute Gasteiger partial charge is 0.456 e. The summed E-state index contributed by atoms with van der Waals surface area (Å²) in [5.74, 6) is 0.593. The number of rotatable bonds is 2. The molecule has 0 saturated heterocycles. The summed E-state index contributed by atoms with van der Waals surface area (Å²) in [6.45, 7) is 4.19. The topological polar surface area (TPSA) is 30.2 Å². The number of benzene rings is 3. The predicted octanol–water partition coefficient (Wildman–Crippen LogP) is 5.74. The lowest BCUT2D eigenvalue weighted by atomic mass is 9.98. The molecule has 2 heteroatoms. The van der Waals surface area contributed by atoms with Gasteiger partial charge in [-0.05, 0) is 42.7 Å². The van der Waals surface area contributed by atoms with Gasteiger partial charge in [0.25, 0.3) is 0 Å². The van der Waals surface area contributed by atoms with Crippen LogP contribution in [0, 0.1) is 13.8 Å². The van der Waals surface area contributed by atoms with Crippen LogP contribution >= 0.6 is 0 Å². The minimum Gasteiger partial charge on any atom is -0.456 e. The second-order valence-corrected chi connectivity index (χ2v) is 6.37. The van der Waals surface area contributed by atoms with Gasteiger partial charge in [-0.2, -0.15) is 0 Å². The Kier molecular flexibility index (Phi) is 3.73. The molecule has 0 amide bonds. The molecule has 0 aliphatic rings. The van der Waals surface area contributed by atoms with Crippen molar-refractivity contribution in [2.24, 2.45) is 0 Å². The Morgan fingerprint density at radius 3 is 2.32 bits per heavy atom. The van der Waals surface area contributed by atoms with Crippen LogP contribution in [0.5, 0.6) is 0 Å².